The van der Waals surface area contributed by atoms with Crippen molar-refractivity contribution in [2.75, 3.05) is 31.1 Å². The highest BCUT2D eigenvalue weighted by molar-refractivity contribution is 5.97. The molecule has 1 atom stereocenters. The van der Waals surface area contributed by atoms with E-state index in [4.69, 9.17) is 0 Å². The lowest BCUT2D eigenvalue weighted by Gasteiger charge is -2.41. The number of pyridine rings is 1. The van der Waals surface area contributed by atoms with Crippen LogP contribution in [0.15, 0.2) is 12.3 Å². The molecule has 3 heterocycles. The van der Waals surface area contributed by atoms with E-state index in [1.807, 2.05) is 0 Å². The van der Waals surface area contributed by atoms with Gasteiger partial charge in [0.05, 0.1) is 6.54 Å². The Hall–Kier alpha value is -1.76. The molecule has 1 aromatic rings. The number of rotatable bonds is 3. The van der Waals surface area contributed by atoms with Gasteiger partial charge < -0.3 is 15.5 Å². The normalized spacial score (nSPS) is 20.9. The highest BCUT2D eigenvalue weighted by Crippen LogP contribution is 2.31. The van der Waals surface area contributed by atoms with Gasteiger partial charge in [0.2, 0.25) is 0 Å². The van der Waals surface area contributed by atoms with Crippen LogP contribution in [0.4, 0.5) is 14.6 Å². The van der Waals surface area contributed by atoms with Gasteiger partial charge >= 0.3 is 0 Å². The van der Waals surface area contributed by atoms with Gasteiger partial charge in [-0.05, 0) is 18.9 Å². The lowest BCUT2D eigenvalue weighted by molar-refractivity contribution is 0.0890. The largest absolute Gasteiger partial charge is 0.351 e. The number of carbonyl (C=O) groups excluding carboxylic acids is 1. The maximum atomic E-state index is 12.2. The fourth-order valence-corrected chi connectivity index (χ4v) is 3.06. The summed E-state index contributed by atoms with van der Waals surface area (Å²) >= 11 is 0. The van der Waals surface area contributed by atoms with E-state index in [1.54, 1.807) is 12.3 Å². The zero-order valence-electron chi connectivity index (χ0n) is 11.6. The third-order valence-corrected chi connectivity index (χ3v) is 4.04. The van der Waals surface area contributed by atoms with Crippen LogP contribution >= 0.6 is 0 Å². The second-order valence-electron chi connectivity index (χ2n) is 5.35. The molecule has 1 aromatic heterocycles. The van der Waals surface area contributed by atoms with Crippen LogP contribution in [-0.2, 0) is 6.42 Å². The number of amides is 1. The minimum absolute atomic E-state index is 0.401. The van der Waals surface area contributed by atoms with Crippen LogP contribution in [0.3, 0.4) is 0 Å². The Labute approximate surface area is 121 Å². The van der Waals surface area contributed by atoms with Gasteiger partial charge in [0, 0.05) is 43.0 Å². The molecule has 1 fully saturated rings. The molecule has 1 unspecified atom stereocenters. The second kappa shape index (κ2) is 5.93. The van der Waals surface area contributed by atoms with Crippen LogP contribution < -0.4 is 15.5 Å². The quantitative estimate of drug-likeness (QED) is 0.866. The van der Waals surface area contributed by atoms with Crippen LogP contribution in [-0.4, -0.2) is 49.5 Å². The molecule has 0 bridgehead atoms. The average molecular weight is 296 g/mol. The van der Waals surface area contributed by atoms with Crippen molar-refractivity contribution < 1.29 is 13.6 Å². The van der Waals surface area contributed by atoms with E-state index in [-0.39, 0.29) is 0 Å². The molecule has 21 heavy (non-hydrogen) atoms. The Morgan fingerprint density at radius 2 is 2.43 bits per heavy atom. The molecule has 7 heteroatoms. The summed E-state index contributed by atoms with van der Waals surface area (Å²) in [6, 6.07) is 2.01. The van der Waals surface area contributed by atoms with Gasteiger partial charge in [0.15, 0.2) is 0 Å². The van der Waals surface area contributed by atoms with Crippen molar-refractivity contribution in [1.29, 1.82) is 0 Å². The molecule has 0 spiro atoms. The first-order chi connectivity index (χ1) is 10.2. The SMILES string of the molecule is O=C(NCC(F)F)c1ccnc2c1CCC1CNCCN21. The van der Waals surface area contributed by atoms with Crippen LogP contribution in [0, 0.1) is 0 Å². The lowest BCUT2D eigenvalue weighted by atomic mass is 9.93. The number of fused-ring (bicyclic) bond motifs is 3. The summed E-state index contributed by atoms with van der Waals surface area (Å²) in [5, 5.41) is 5.63. The van der Waals surface area contributed by atoms with Crippen LogP contribution in [0.25, 0.3) is 0 Å². The molecule has 0 aromatic carbocycles. The van der Waals surface area contributed by atoms with Crippen molar-refractivity contribution in [3.8, 4) is 0 Å². The molecule has 1 saturated heterocycles. The molecular weight excluding hydrogens is 278 g/mol. The highest BCUT2D eigenvalue weighted by Gasteiger charge is 2.31. The van der Waals surface area contributed by atoms with Crippen molar-refractivity contribution in [1.82, 2.24) is 15.6 Å². The van der Waals surface area contributed by atoms with Gasteiger partial charge in [0.25, 0.3) is 12.3 Å². The van der Waals surface area contributed by atoms with E-state index >= 15 is 0 Å². The maximum Gasteiger partial charge on any atom is 0.255 e. The Balaban J connectivity index is 1.86. The Kier molecular flexibility index (Phi) is 4.01. The fraction of sp³-hybridized carbons (Fsp3) is 0.571. The zero-order valence-corrected chi connectivity index (χ0v) is 11.6. The number of nitrogens with zero attached hydrogens (tertiary/aromatic N) is 2. The van der Waals surface area contributed by atoms with E-state index in [2.05, 4.69) is 20.5 Å². The molecule has 2 aliphatic heterocycles. The number of alkyl halides is 2. The van der Waals surface area contributed by atoms with Gasteiger partial charge in [-0.1, -0.05) is 0 Å². The van der Waals surface area contributed by atoms with Crippen molar-refractivity contribution in [2.45, 2.75) is 25.3 Å². The average Bonchev–Trinajstić information content (AvgIpc) is 2.51. The van der Waals surface area contributed by atoms with Crippen molar-refractivity contribution in [3.05, 3.63) is 23.4 Å². The summed E-state index contributed by atoms with van der Waals surface area (Å²) in [4.78, 5) is 18.7. The van der Waals surface area contributed by atoms with Crippen molar-refractivity contribution >= 4 is 11.7 Å². The number of halogens is 2. The van der Waals surface area contributed by atoms with E-state index in [9.17, 15) is 13.6 Å². The lowest BCUT2D eigenvalue weighted by Crippen LogP contribution is -2.54. The summed E-state index contributed by atoms with van der Waals surface area (Å²) in [7, 11) is 0. The Morgan fingerprint density at radius 3 is 3.24 bits per heavy atom. The van der Waals surface area contributed by atoms with Crippen LogP contribution in [0.5, 0.6) is 0 Å². The summed E-state index contributed by atoms with van der Waals surface area (Å²) in [5.74, 6) is 0.389. The van der Waals surface area contributed by atoms with Gasteiger partial charge in [-0.25, -0.2) is 13.8 Å². The highest BCUT2D eigenvalue weighted by atomic mass is 19.3. The van der Waals surface area contributed by atoms with E-state index in [0.717, 1.165) is 43.9 Å². The molecule has 2 aliphatic rings. The minimum Gasteiger partial charge on any atom is -0.351 e. The molecule has 0 aliphatic carbocycles. The number of aromatic nitrogens is 1. The molecule has 5 nitrogen and oxygen atoms in total. The first kappa shape index (κ1) is 14.2. The first-order valence-electron chi connectivity index (χ1n) is 7.18. The van der Waals surface area contributed by atoms with Crippen LogP contribution in [0.2, 0.25) is 0 Å². The Morgan fingerprint density at radius 1 is 1.57 bits per heavy atom. The number of anilines is 1. The number of hydrogen-bond donors (Lipinski definition) is 2. The van der Waals surface area contributed by atoms with Gasteiger partial charge in [-0.15, -0.1) is 0 Å². The van der Waals surface area contributed by atoms with Crippen molar-refractivity contribution in [2.24, 2.45) is 0 Å². The van der Waals surface area contributed by atoms with Gasteiger partial charge in [-0.2, -0.15) is 0 Å². The summed E-state index contributed by atoms with van der Waals surface area (Å²) in [5.41, 5.74) is 1.35. The molecule has 2 N–H and O–H groups in total. The molecule has 3 rings (SSSR count). The third-order valence-electron chi connectivity index (χ3n) is 4.04. The number of carbonyl (C=O) groups is 1. The number of hydrogen-bond acceptors (Lipinski definition) is 4. The molecule has 1 amide bonds. The third kappa shape index (κ3) is 2.83. The van der Waals surface area contributed by atoms with E-state index in [1.165, 1.54) is 0 Å². The standard InChI is InChI=1S/C14H18F2N4O/c15-12(16)8-19-14(21)11-3-4-18-13-10(11)2-1-9-7-17-5-6-20(9)13/h3-4,9,12,17H,1-2,5-8H2,(H,19,21). The van der Waals surface area contributed by atoms with E-state index in [0.29, 0.717) is 11.6 Å². The fourth-order valence-electron chi connectivity index (χ4n) is 3.06. The maximum absolute atomic E-state index is 12.2. The zero-order chi connectivity index (χ0) is 14.8. The van der Waals surface area contributed by atoms with E-state index < -0.39 is 18.9 Å². The molecule has 114 valence electrons. The summed E-state index contributed by atoms with van der Waals surface area (Å²) in [6.45, 7) is 2.04. The van der Waals surface area contributed by atoms with Gasteiger partial charge in [0.1, 0.15) is 5.82 Å². The molecular formula is C14H18F2N4O. The number of nitrogens with one attached hydrogen (secondary N) is 2. The summed E-state index contributed by atoms with van der Waals surface area (Å²) < 4.78 is 24.5. The topological polar surface area (TPSA) is 57.3 Å². The predicted molar refractivity (Wildman–Crippen MR) is 74.9 cm³/mol. The second-order valence-corrected chi connectivity index (χ2v) is 5.35. The predicted octanol–water partition coefficient (Wildman–Crippen LogP) is 0.801. The smallest absolute Gasteiger partial charge is 0.255 e. The number of piperazine rings is 1. The minimum atomic E-state index is -2.54. The molecule has 0 saturated carbocycles. The summed E-state index contributed by atoms with van der Waals surface area (Å²) in [6.07, 6.45) is 0.745. The molecule has 0 radical (unpaired) electrons. The monoisotopic (exact) mass is 296 g/mol. The van der Waals surface area contributed by atoms with Crippen LogP contribution in [0.1, 0.15) is 22.3 Å². The first-order valence-corrected chi connectivity index (χ1v) is 7.18. The van der Waals surface area contributed by atoms with Gasteiger partial charge in [-0.3, -0.25) is 4.79 Å². The Bertz CT molecular complexity index is 538. The van der Waals surface area contributed by atoms with Crippen molar-refractivity contribution in [3.63, 3.8) is 0 Å².